The molecule has 0 amide bonds. The predicted octanol–water partition coefficient (Wildman–Crippen LogP) is 1.25. The van der Waals surface area contributed by atoms with Crippen LogP contribution in [0, 0.1) is 0 Å². The zero-order valence-corrected chi connectivity index (χ0v) is 14.5. The fourth-order valence-electron chi connectivity index (χ4n) is 2.29. The van der Waals surface area contributed by atoms with Gasteiger partial charge in [-0.15, -0.1) is 0 Å². The van der Waals surface area contributed by atoms with E-state index in [0.717, 1.165) is 29.2 Å². The first-order chi connectivity index (χ1) is 11.5. The molecule has 0 spiro atoms. The van der Waals surface area contributed by atoms with Crippen LogP contribution in [-0.2, 0) is 0 Å². The zero-order valence-electron chi connectivity index (χ0n) is 14.5. The van der Waals surface area contributed by atoms with Crippen molar-refractivity contribution in [2.24, 2.45) is 5.73 Å². The molecule has 6 nitrogen and oxygen atoms in total. The molecule has 6 N–H and O–H groups in total. The van der Waals surface area contributed by atoms with E-state index in [4.69, 9.17) is 5.73 Å². The van der Waals surface area contributed by atoms with E-state index in [-0.39, 0.29) is 12.6 Å². The number of aliphatic hydroxyl groups is 1. The average molecular weight is 329 g/mol. The third kappa shape index (κ3) is 4.70. The fourth-order valence-corrected chi connectivity index (χ4v) is 2.29. The summed E-state index contributed by atoms with van der Waals surface area (Å²) in [4.78, 5) is 2.07. The maximum absolute atomic E-state index is 9.17. The van der Waals surface area contributed by atoms with Crippen LogP contribution in [0.25, 0.3) is 5.70 Å². The highest BCUT2D eigenvalue weighted by atomic mass is 16.3. The van der Waals surface area contributed by atoms with Crippen LogP contribution in [0.15, 0.2) is 54.3 Å². The number of nitrogens with two attached hydrogens (primary N) is 1. The molecule has 1 unspecified atom stereocenters. The molecule has 2 rings (SSSR count). The number of benzene rings is 1. The van der Waals surface area contributed by atoms with E-state index >= 15 is 0 Å². The normalized spacial score (nSPS) is 17.1. The molecule has 1 aromatic rings. The van der Waals surface area contributed by atoms with Crippen molar-refractivity contribution < 1.29 is 5.11 Å². The number of nitrogens with zero attached hydrogens (tertiary/aromatic N) is 1. The Morgan fingerprint density at radius 3 is 2.62 bits per heavy atom. The lowest BCUT2D eigenvalue weighted by Crippen LogP contribution is -2.34. The molecule has 0 saturated heterocycles. The quantitative estimate of drug-likeness (QED) is 0.518. The molecule has 0 fully saturated rings. The SMILES string of the molecule is CCC(CO)N/C(N)=C/C=C1/NC=C(c2ccc(N(C)C)cc2)N1. The maximum Gasteiger partial charge on any atom is 0.107 e. The summed E-state index contributed by atoms with van der Waals surface area (Å²) >= 11 is 0. The fraction of sp³-hybridized carbons (Fsp3) is 0.333. The van der Waals surface area contributed by atoms with E-state index in [0.29, 0.717) is 5.82 Å². The van der Waals surface area contributed by atoms with Gasteiger partial charge >= 0.3 is 0 Å². The van der Waals surface area contributed by atoms with Gasteiger partial charge in [0.15, 0.2) is 0 Å². The minimum atomic E-state index is -0.0203. The Hall–Kier alpha value is -2.60. The molecule has 24 heavy (non-hydrogen) atoms. The largest absolute Gasteiger partial charge is 0.394 e. The number of hydrogen-bond acceptors (Lipinski definition) is 6. The molecule has 1 atom stereocenters. The average Bonchev–Trinajstić information content (AvgIpc) is 3.07. The molecule has 1 aliphatic heterocycles. The van der Waals surface area contributed by atoms with Gasteiger partial charge in [-0.25, -0.2) is 0 Å². The standard InChI is InChI=1S/C18H27N5O/c1-4-14(12-24)21-17(19)9-10-18-20-11-16(22-18)13-5-7-15(8-6-13)23(2)3/h5-11,14,20-22,24H,4,12,19H2,1-3H3/b17-9+,18-10-. The van der Waals surface area contributed by atoms with E-state index in [1.54, 1.807) is 6.08 Å². The number of allylic oxidation sites excluding steroid dienone is 2. The van der Waals surface area contributed by atoms with E-state index in [9.17, 15) is 5.11 Å². The van der Waals surface area contributed by atoms with Crippen LogP contribution in [0.4, 0.5) is 5.69 Å². The third-order valence-electron chi connectivity index (χ3n) is 3.85. The monoisotopic (exact) mass is 329 g/mol. The van der Waals surface area contributed by atoms with Gasteiger partial charge in [-0.3, -0.25) is 0 Å². The second-order valence-electron chi connectivity index (χ2n) is 5.90. The smallest absolute Gasteiger partial charge is 0.107 e. The summed E-state index contributed by atoms with van der Waals surface area (Å²) in [6.07, 6.45) is 6.38. The minimum Gasteiger partial charge on any atom is -0.394 e. The summed E-state index contributed by atoms with van der Waals surface area (Å²) < 4.78 is 0. The van der Waals surface area contributed by atoms with Gasteiger partial charge < -0.3 is 31.7 Å². The second kappa shape index (κ2) is 8.31. The molecular weight excluding hydrogens is 302 g/mol. The van der Waals surface area contributed by atoms with Crippen molar-refractivity contribution in [1.82, 2.24) is 16.0 Å². The highest BCUT2D eigenvalue weighted by Gasteiger charge is 2.10. The number of nitrogens with one attached hydrogen (secondary N) is 3. The maximum atomic E-state index is 9.17. The second-order valence-corrected chi connectivity index (χ2v) is 5.90. The first kappa shape index (κ1) is 17.7. The molecule has 1 aromatic carbocycles. The molecule has 130 valence electrons. The molecule has 0 aromatic heterocycles. The van der Waals surface area contributed by atoms with Crippen molar-refractivity contribution in [2.75, 3.05) is 25.6 Å². The highest BCUT2D eigenvalue weighted by Crippen LogP contribution is 2.19. The molecule has 0 aliphatic carbocycles. The topological polar surface area (TPSA) is 85.6 Å². The molecule has 0 saturated carbocycles. The summed E-state index contributed by atoms with van der Waals surface area (Å²) in [6, 6.07) is 8.31. The lowest BCUT2D eigenvalue weighted by molar-refractivity contribution is 0.246. The summed E-state index contributed by atoms with van der Waals surface area (Å²) in [7, 11) is 4.05. The molecule has 1 aliphatic rings. The van der Waals surface area contributed by atoms with Crippen molar-refractivity contribution >= 4 is 11.4 Å². The van der Waals surface area contributed by atoms with E-state index in [2.05, 4.69) is 45.1 Å². The van der Waals surface area contributed by atoms with Gasteiger partial charge in [-0.1, -0.05) is 19.1 Å². The Bertz CT molecular complexity index is 627. The van der Waals surface area contributed by atoms with Crippen LogP contribution in [0.2, 0.25) is 0 Å². The molecule has 0 bridgehead atoms. The highest BCUT2D eigenvalue weighted by molar-refractivity contribution is 5.69. The van der Waals surface area contributed by atoms with Crippen LogP contribution in [0.3, 0.4) is 0 Å². The van der Waals surface area contributed by atoms with E-state index in [1.807, 2.05) is 33.3 Å². The van der Waals surface area contributed by atoms with Gasteiger partial charge in [-0.2, -0.15) is 0 Å². The summed E-state index contributed by atoms with van der Waals surface area (Å²) in [6.45, 7) is 2.06. The van der Waals surface area contributed by atoms with Crippen molar-refractivity contribution in [2.45, 2.75) is 19.4 Å². The van der Waals surface area contributed by atoms with Crippen LogP contribution >= 0.6 is 0 Å². The third-order valence-corrected chi connectivity index (χ3v) is 3.85. The molecule has 1 heterocycles. The van der Waals surface area contributed by atoms with E-state index < -0.39 is 0 Å². The van der Waals surface area contributed by atoms with E-state index in [1.165, 1.54) is 0 Å². The van der Waals surface area contributed by atoms with Crippen LogP contribution in [-0.4, -0.2) is 31.9 Å². The van der Waals surface area contributed by atoms with Gasteiger partial charge in [-0.05, 0) is 36.3 Å². The Morgan fingerprint density at radius 2 is 2.04 bits per heavy atom. The van der Waals surface area contributed by atoms with Gasteiger partial charge in [0.05, 0.1) is 24.2 Å². The Labute approximate surface area is 143 Å². The molecule has 0 radical (unpaired) electrons. The predicted molar refractivity (Wildman–Crippen MR) is 99.7 cm³/mol. The summed E-state index contributed by atoms with van der Waals surface area (Å²) in [5, 5.41) is 18.7. The first-order valence-electron chi connectivity index (χ1n) is 8.09. The summed E-state index contributed by atoms with van der Waals surface area (Å²) in [5.74, 6) is 1.37. The lowest BCUT2D eigenvalue weighted by atomic mass is 10.1. The first-order valence-corrected chi connectivity index (χ1v) is 8.09. The van der Waals surface area contributed by atoms with Crippen LogP contribution in [0.5, 0.6) is 0 Å². The lowest BCUT2D eigenvalue weighted by Gasteiger charge is -2.15. The van der Waals surface area contributed by atoms with Gasteiger partial charge in [0, 0.05) is 26.0 Å². The number of hydrogen-bond donors (Lipinski definition) is 5. The number of rotatable bonds is 7. The zero-order chi connectivity index (χ0) is 17.5. The van der Waals surface area contributed by atoms with Gasteiger partial charge in [0.2, 0.25) is 0 Å². The van der Waals surface area contributed by atoms with Crippen molar-refractivity contribution in [3.05, 3.63) is 59.8 Å². The minimum absolute atomic E-state index is 0.0203. The molecule has 6 heteroatoms. The van der Waals surface area contributed by atoms with Crippen LogP contribution in [0.1, 0.15) is 18.9 Å². The number of anilines is 1. The van der Waals surface area contributed by atoms with Gasteiger partial charge in [0.25, 0.3) is 0 Å². The van der Waals surface area contributed by atoms with Crippen LogP contribution < -0.4 is 26.6 Å². The van der Waals surface area contributed by atoms with Gasteiger partial charge in [0.1, 0.15) is 5.82 Å². The Morgan fingerprint density at radius 1 is 1.33 bits per heavy atom. The number of aliphatic hydroxyl groups excluding tert-OH is 1. The Balaban J connectivity index is 1.96. The Kier molecular flexibility index (Phi) is 6.14. The molecular formula is C18H27N5O. The van der Waals surface area contributed by atoms with Crippen molar-refractivity contribution in [1.29, 1.82) is 0 Å². The summed E-state index contributed by atoms with van der Waals surface area (Å²) in [5.41, 5.74) is 9.19. The van der Waals surface area contributed by atoms with Crippen molar-refractivity contribution in [3.63, 3.8) is 0 Å². The van der Waals surface area contributed by atoms with Crippen molar-refractivity contribution in [3.8, 4) is 0 Å².